The zero-order valence-corrected chi connectivity index (χ0v) is 14.1. The quantitative estimate of drug-likeness (QED) is 0.864. The third-order valence-corrected chi connectivity index (χ3v) is 5.44. The summed E-state index contributed by atoms with van der Waals surface area (Å²) in [5, 5.41) is 4.20. The molecule has 0 saturated carbocycles. The Morgan fingerprint density at radius 1 is 1.17 bits per heavy atom. The van der Waals surface area contributed by atoms with Crippen LogP contribution in [0, 0.1) is 5.41 Å². The van der Waals surface area contributed by atoms with E-state index in [4.69, 9.17) is 0 Å². The Morgan fingerprint density at radius 3 is 2.62 bits per heavy atom. The predicted molar refractivity (Wildman–Crippen MR) is 91.4 cm³/mol. The molecular weight excluding hydrogens is 302 g/mol. The molecule has 6 heteroatoms. The van der Waals surface area contributed by atoms with Crippen LogP contribution >= 0.6 is 0 Å². The summed E-state index contributed by atoms with van der Waals surface area (Å²) in [6, 6.07) is 6.04. The second-order valence-corrected chi connectivity index (χ2v) is 6.96. The fourth-order valence-electron chi connectivity index (χ4n) is 3.94. The van der Waals surface area contributed by atoms with Crippen LogP contribution < -0.4 is 4.90 Å². The van der Waals surface area contributed by atoms with Crippen LogP contribution in [0.5, 0.6) is 0 Å². The van der Waals surface area contributed by atoms with Crippen molar-refractivity contribution < 1.29 is 4.79 Å². The first-order chi connectivity index (χ1) is 11.7. The lowest BCUT2D eigenvalue weighted by Gasteiger charge is -2.37. The highest BCUT2D eigenvalue weighted by Gasteiger charge is 2.48. The van der Waals surface area contributed by atoms with Crippen molar-refractivity contribution in [3.63, 3.8) is 0 Å². The van der Waals surface area contributed by atoms with Crippen molar-refractivity contribution in [1.29, 1.82) is 0 Å². The average molecular weight is 325 g/mol. The summed E-state index contributed by atoms with van der Waals surface area (Å²) in [5.41, 5.74) is 1.86. The number of aromatic nitrogens is 3. The summed E-state index contributed by atoms with van der Waals surface area (Å²) >= 11 is 0. The molecule has 2 aliphatic heterocycles. The van der Waals surface area contributed by atoms with Crippen LogP contribution in [-0.2, 0) is 18.4 Å². The lowest BCUT2D eigenvalue weighted by molar-refractivity contribution is -0.128. The SMILES string of the molecule is Cn1cc(N2CCC3(CCN(Cc4ccccn4)CC3)C2=O)cn1. The number of carbonyl (C=O) groups excluding carboxylic acids is 1. The lowest BCUT2D eigenvalue weighted by Crippen LogP contribution is -2.44. The molecule has 0 aromatic carbocycles. The molecule has 0 atom stereocenters. The van der Waals surface area contributed by atoms with Gasteiger partial charge in [0.25, 0.3) is 0 Å². The van der Waals surface area contributed by atoms with E-state index >= 15 is 0 Å². The van der Waals surface area contributed by atoms with Gasteiger partial charge in [0.2, 0.25) is 5.91 Å². The molecule has 126 valence electrons. The minimum atomic E-state index is -0.170. The van der Waals surface area contributed by atoms with Gasteiger partial charge in [0, 0.05) is 32.5 Å². The van der Waals surface area contributed by atoms with Crippen molar-refractivity contribution in [2.24, 2.45) is 12.5 Å². The van der Waals surface area contributed by atoms with Crippen molar-refractivity contribution in [2.45, 2.75) is 25.8 Å². The van der Waals surface area contributed by atoms with Crippen LogP contribution in [0.1, 0.15) is 25.0 Å². The van der Waals surface area contributed by atoms with E-state index in [0.717, 1.165) is 56.8 Å². The number of rotatable bonds is 3. The number of hydrogen-bond acceptors (Lipinski definition) is 4. The monoisotopic (exact) mass is 325 g/mol. The van der Waals surface area contributed by atoms with Crippen molar-refractivity contribution in [1.82, 2.24) is 19.7 Å². The molecule has 0 aliphatic carbocycles. The van der Waals surface area contributed by atoms with Gasteiger partial charge in [-0.3, -0.25) is 19.4 Å². The van der Waals surface area contributed by atoms with Crippen LogP contribution in [0.25, 0.3) is 0 Å². The maximum absolute atomic E-state index is 13.0. The molecule has 2 fully saturated rings. The van der Waals surface area contributed by atoms with E-state index in [9.17, 15) is 4.79 Å². The van der Waals surface area contributed by atoms with Crippen LogP contribution in [0.3, 0.4) is 0 Å². The number of amides is 1. The molecular formula is C18H23N5O. The van der Waals surface area contributed by atoms with Crippen molar-refractivity contribution in [2.75, 3.05) is 24.5 Å². The Labute approximate surface area is 142 Å². The minimum Gasteiger partial charge on any atom is -0.309 e. The number of aryl methyl sites for hydroxylation is 1. The maximum Gasteiger partial charge on any atom is 0.233 e. The maximum atomic E-state index is 13.0. The minimum absolute atomic E-state index is 0.170. The number of hydrogen-bond donors (Lipinski definition) is 0. The Balaban J connectivity index is 1.40. The second-order valence-electron chi connectivity index (χ2n) is 6.96. The second kappa shape index (κ2) is 6.02. The molecule has 2 saturated heterocycles. The molecule has 6 nitrogen and oxygen atoms in total. The summed E-state index contributed by atoms with van der Waals surface area (Å²) in [4.78, 5) is 21.7. The van der Waals surface area contributed by atoms with E-state index in [-0.39, 0.29) is 11.3 Å². The number of likely N-dealkylation sites (tertiary alicyclic amines) is 1. The average Bonchev–Trinajstić information content (AvgIpc) is 3.16. The van der Waals surface area contributed by atoms with Gasteiger partial charge in [0.05, 0.1) is 23.0 Å². The van der Waals surface area contributed by atoms with E-state index in [0.29, 0.717) is 0 Å². The first-order valence-electron chi connectivity index (χ1n) is 8.59. The van der Waals surface area contributed by atoms with E-state index in [1.807, 2.05) is 36.5 Å². The normalized spacial score (nSPS) is 20.9. The third-order valence-electron chi connectivity index (χ3n) is 5.44. The number of carbonyl (C=O) groups is 1. The largest absolute Gasteiger partial charge is 0.309 e. The van der Waals surface area contributed by atoms with Crippen molar-refractivity contribution >= 4 is 11.6 Å². The molecule has 2 aromatic rings. The molecule has 0 unspecified atom stereocenters. The summed E-state index contributed by atoms with van der Waals surface area (Å²) in [6.45, 7) is 3.61. The number of piperidine rings is 1. The molecule has 1 amide bonds. The smallest absolute Gasteiger partial charge is 0.233 e. The molecule has 4 rings (SSSR count). The van der Waals surface area contributed by atoms with E-state index in [2.05, 4.69) is 21.0 Å². The number of anilines is 1. The Hall–Kier alpha value is -2.21. The molecule has 4 heterocycles. The van der Waals surface area contributed by atoms with Crippen molar-refractivity contribution in [3.8, 4) is 0 Å². The van der Waals surface area contributed by atoms with E-state index in [1.165, 1.54) is 0 Å². The van der Waals surface area contributed by atoms with Gasteiger partial charge < -0.3 is 4.90 Å². The number of pyridine rings is 1. The molecule has 24 heavy (non-hydrogen) atoms. The van der Waals surface area contributed by atoms with Gasteiger partial charge in [-0.2, -0.15) is 5.10 Å². The Kier molecular flexibility index (Phi) is 3.84. The molecule has 0 bridgehead atoms. The van der Waals surface area contributed by atoms with Crippen LogP contribution in [0.2, 0.25) is 0 Å². The summed E-state index contributed by atoms with van der Waals surface area (Å²) in [7, 11) is 1.88. The standard InChI is InChI=1S/C18H23N5O/c1-21-14-16(12-20-21)23-11-7-18(17(23)24)5-9-22(10-6-18)13-15-4-2-3-8-19-15/h2-4,8,12,14H,5-7,9-11,13H2,1H3. The van der Waals surface area contributed by atoms with Gasteiger partial charge in [-0.25, -0.2) is 0 Å². The van der Waals surface area contributed by atoms with Gasteiger partial charge in [0.15, 0.2) is 0 Å². The molecule has 0 radical (unpaired) electrons. The molecule has 0 N–H and O–H groups in total. The molecule has 2 aromatic heterocycles. The fraction of sp³-hybridized carbons (Fsp3) is 0.500. The molecule has 2 aliphatic rings. The topological polar surface area (TPSA) is 54.3 Å². The predicted octanol–water partition coefficient (Wildman–Crippen LogP) is 1.83. The van der Waals surface area contributed by atoms with Gasteiger partial charge in [-0.05, 0) is 44.5 Å². The van der Waals surface area contributed by atoms with Gasteiger partial charge >= 0.3 is 0 Å². The van der Waals surface area contributed by atoms with Gasteiger partial charge in [-0.15, -0.1) is 0 Å². The van der Waals surface area contributed by atoms with Crippen molar-refractivity contribution in [3.05, 3.63) is 42.5 Å². The first kappa shape index (κ1) is 15.3. The van der Waals surface area contributed by atoms with Crippen LogP contribution in [-0.4, -0.2) is 45.2 Å². The van der Waals surface area contributed by atoms with Gasteiger partial charge in [-0.1, -0.05) is 6.07 Å². The number of nitrogens with zero attached hydrogens (tertiary/aromatic N) is 5. The fourth-order valence-corrected chi connectivity index (χ4v) is 3.94. The first-order valence-corrected chi connectivity index (χ1v) is 8.59. The Morgan fingerprint density at radius 2 is 1.96 bits per heavy atom. The van der Waals surface area contributed by atoms with Crippen LogP contribution in [0.15, 0.2) is 36.8 Å². The highest BCUT2D eigenvalue weighted by molar-refractivity contribution is 5.99. The zero-order valence-electron chi connectivity index (χ0n) is 14.1. The summed E-state index contributed by atoms with van der Waals surface area (Å²) in [6.07, 6.45) is 8.39. The van der Waals surface area contributed by atoms with Crippen LogP contribution in [0.4, 0.5) is 5.69 Å². The zero-order chi connectivity index (χ0) is 16.6. The molecule has 1 spiro atoms. The van der Waals surface area contributed by atoms with E-state index in [1.54, 1.807) is 10.9 Å². The van der Waals surface area contributed by atoms with Gasteiger partial charge in [0.1, 0.15) is 0 Å². The highest BCUT2D eigenvalue weighted by Crippen LogP contribution is 2.43. The lowest BCUT2D eigenvalue weighted by atomic mass is 9.77. The highest BCUT2D eigenvalue weighted by atomic mass is 16.2. The third kappa shape index (κ3) is 2.71. The summed E-state index contributed by atoms with van der Waals surface area (Å²) < 4.78 is 1.75. The Bertz CT molecular complexity index is 718. The summed E-state index contributed by atoms with van der Waals surface area (Å²) in [5.74, 6) is 0.285. The van der Waals surface area contributed by atoms with E-state index < -0.39 is 0 Å².